The average Bonchev–Trinajstić information content (AvgIpc) is 2.15. The van der Waals surface area contributed by atoms with Crippen LogP contribution in [0.2, 0.25) is 0 Å². The quantitative estimate of drug-likeness (QED) is 0.371. The number of hydrogen-bond acceptors (Lipinski definition) is 4. The second-order valence-electron chi connectivity index (χ2n) is 3.84. The molecule has 0 aromatic rings. The van der Waals surface area contributed by atoms with Gasteiger partial charge in [0, 0.05) is 26.3 Å². The van der Waals surface area contributed by atoms with Gasteiger partial charge in [-0.2, -0.15) is 0 Å². The summed E-state index contributed by atoms with van der Waals surface area (Å²) in [5.41, 5.74) is 5.29. The van der Waals surface area contributed by atoms with Crippen molar-refractivity contribution in [1.82, 2.24) is 0 Å². The summed E-state index contributed by atoms with van der Waals surface area (Å²) in [6.45, 7) is 1.92. The number of nitrogens with two attached hydrogens (primary N) is 1. The molecule has 0 fully saturated rings. The summed E-state index contributed by atoms with van der Waals surface area (Å²) in [5, 5.41) is 26.8. The first-order valence-corrected chi connectivity index (χ1v) is 5.28. The molecule has 0 amide bonds. The zero-order valence-electron chi connectivity index (χ0n) is 9.61. The molecule has 0 heterocycles. The molecular formula is C10H19NO5Pd. The monoisotopic (exact) mass is 339 g/mol. The normalized spacial score (nSPS) is 15.5. The Kier molecular flexibility index (Phi) is 10.6. The molecule has 0 aromatic carbocycles. The standard InChI is InChI=1S/C10H19NO5.Pd/c1-2-3-4-6(9(11)14)7(10(15)16)5-8(12)13;/h6-7,9,14H,2-5,11H2,1H3,(H,12,13)(H,15,16);. The molecule has 104 valence electrons. The molecule has 0 spiro atoms. The van der Waals surface area contributed by atoms with Crippen LogP contribution in [0.1, 0.15) is 32.6 Å². The number of unbranched alkanes of at least 4 members (excludes halogenated alkanes) is 1. The zero-order chi connectivity index (χ0) is 12.7. The van der Waals surface area contributed by atoms with Crippen LogP contribution in [0.4, 0.5) is 0 Å². The van der Waals surface area contributed by atoms with Crippen LogP contribution in [0.15, 0.2) is 0 Å². The fraction of sp³-hybridized carbons (Fsp3) is 0.800. The largest absolute Gasteiger partial charge is 0.481 e. The molecule has 6 nitrogen and oxygen atoms in total. The molecule has 0 radical (unpaired) electrons. The van der Waals surface area contributed by atoms with E-state index in [1.807, 2.05) is 6.92 Å². The van der Waals surface area contributed by atoms with Crippen LogP contribution in [0.25, 0.3) is 0 Å². The van der Waals surface area contributed by atoms with Gasteiger partial charge in [0.2, 0.25) is 0 Å². The van der Waals surface area contributed by atoms with E-state index < -0.39 is 36.4 Å². The third-order valence-electron chi connectivity index (χ3n) is 2.56. The van der Waals surface area contributed by atoms with Gasteiger partial charge in [0.25, 0.3) is 0 Å². The van der Waals surface area contributed by atoms with E-state index in [2.05, 4.69) is 0 Å². The van der Waals surface area contributed by atoms with Gasteiger partial charge >= 0.3 is 11.9 Å². The first kappa shape index (κ1) is 18.9. The van der Waals surface area contributed by atoms with Crippen LogP contribution in [-0.2, 0) is 30.0 Å². The molecule has 7 heteroatoms. The van der Waals surface area contributed by atoms with Crippen LogP contribution in [0.5, 0.6) is 0 Å². The van der Waals surface area contributed by atoms with Crippen molar-refractivity contribution in [2.24, 2.45) is 17.6 Å². The second kappa shape index (κ2) is 9.54. The van der Waals surface area contributed by atoms with Crippen LogP contribution in [0.3, 0.4) is 0 Å². The molecular weight excluding hydrogens is 321 g/mol. The maximum absolute atomic E-state index is 10.9. The minimum absolute atomic E-state index is 0. The van der Waals surface area contributed by atoms with E-state index in [0.717, 1.165) is 6.42 Å². The van der Waals surface area contributed by atoms with Crippen LogP contribution < -0.4 is 5.73 Å². The Bertz CT molecular complexity index is 247. The van der Waals surface area contributed by atoms with Gasteiger partial charge in [-0.3, -0.25) is 9.59 Å². The van der Waals surface area contributed by atoms with Crippen molar-refractivity contribution in [2.45, 2.75) is 38.8 Å². The molecule has 0 rings (SSSR count). The molecule has 5 N–H and O–H groups in total. The number of aliphatic carboxylic acids is 2. The van der Waals surface area contributed by atoms with Crippen molar-refractivity contribution < 1.29 is 45.3 Å². The Morgan fingerprint density at radius 3 is 2.12 bits per heavy atom. The maximum atomic E-state index is 10.9. The van der Waals surface area contributed by atoms with Crippen molar-refractivity contribution in [3.05, 3.63) is 0 Å². The topological polar surface area (TPSA) is 121 Å². The van der Waals surface area contributed by atoms with E-state index in [0.29, 0.717) is 12.8 Å². The minimum atomic E-state index is -1.30. The van der Waals surface area contributed by atoms with Gasteiger partial charge in [-0.1, -0.05) is 19.8 Å². The summed E-state index contributed by atoms with van der Waals surface area (Å²) in [6.07, 6.45) is 0.147. The summed E-state index contributed by atoms with van der Waals surface area (Å²) >= 11 is 0. The number of aliphatic hydroxyl groups is 1. The Morgan fingerprint density at radius 1 is 1.29 bits per heavy atom. The third kappa shape index (κ3) is 7.45. The van der Waals surface area contributed by atoms with E-state index in [1.54, 1.807) is 0 Å². The first-order chi connectivity index (χ1) is 7.40. The Balaban J connectivity index is 0. The van der Waals surface area contributed by atoms with Crippen LogP contribution in [0, 0.1) is 11.8 Å². The van der Waals surface area contributed by atoms with Gasteiger partial charge in [0.15, 0.2) is 0 Å². The van der Waals surface area contributed by atoms with E-state index in [9.17, 15) is 14.7 Å². The number of rotatable bonds is 8. The van der Waals surface area contributed by atoms with E-state index >= 15 is 0 Å². The molecule has 17 heavy (non-hydrogen) atoms. The predicted molar refractivity (Wildman–Crippen MR) is 56.6 cm³/mol. The van der Waals surface area contributed by atoms with Crippen molar-refractivity contribution in [2.75, 3.05) is 0 Å². The Morgan fingerprint density at radius 2 is 1.82 bits per heavy atom. The maximum Gasteiger partial charge on any atom is 0.307 e. The second-order valence-corrected chi connectivity index (χ2v) is 3.84. The molecule has 0 bridgehead atoms. The van der Waals surface area contributed by atoms with Crippen molar-refractivity contribution >= 4 is 11.9 Å². The van der Waals surface area contributed by atoms with Gasteiger partial charge < -0.3 is 21.1 Å². The van der Waals surface area contributed by atoms with Gasteiger partial charge in [0.1, 0.15) is 6.23 Å². The SMILES string of the molecule is CCCCC(C(N)O)C(CC(=O)O)C(=O)O.[Pd]. The van der Waals surface area contributed by atoms with Crippen molar-refractivity contribution in [3.8, 4) is 0 Å². The number of carboxylic acid groups (broad SMARTS) is 2. The zero-order valence-corrected chi connectivity index (χ0v) is 11.2. The third-order valence-corrected chi connectivity index (χ3v) is 2.56. The summed E-state index contributed by atoms with van der Waals surface area (Å²) in [7, 11) is 0. The van der Waals surface area contributed by atoms with Gasteiger partial charge in [-0.15, -0.1) is 0 Å². The number of carboxylic acids is 2. The summed E-state index contributed by atoms with van der Waals surface area (Å²) < 4.78 is 0. The molecule has 0 aliphatic carbocycles. The molecule has 0 saturated carbocycles. The van der Waals surface area contributed by atoms with Crippen LogP contribution >= 0.6 is 0 Å². The smallest absolute Gasteiger partial charge is 0.307 e. The van der Waals surface area contributed by atoms with Gasteiger partial charge in [-0.05, 0) is 6.42 Å². The summed E-state index contributed by atoms with van der Waals surface area (Å²) in [5.74, 6) is -4.28. The Hall–Kier alpha value is -0.478. The van der Waals surface area contributed by atoms with Gasteiger partial charge in [-0.25, -0.2) is 0 Å². The molecule has 0 saturated heterocycles. The number of aliphatic hydroxyl groups excluding tert-OH is 1. The Labute approximate surface area is 114 Å². The fourth-order valence-corrected chi connectivity index (χ4v) is 1.66. The summed E-state index contributed by atoms with van der Waals surface area (Å²) in [6, 6.07) is 0. The van der Waals surface area contributed by atoms with Crippen molar-refractivity contribution in [3.63, 3.8) is 0 Å². The molecule has 0 aromatic heterocycles. The first-order valence-electron chi connectivity index (χ1n) is 5.28. The number of carbonyl (C=O) groups is 2. The molecule has 0 aliphatic heterocycles. The van der Waals surface area contributed by atoms with Crippen molar-refractivity contribution in [1.29, 1.82) is 0 Å². The number of hydrogen-bond donors (Lipinski definition) is 4. The average molecular weight is 340 g/mol. The van der Waals surface area contributed by atoms with E-state index in [4.69, 9.17) is 15.9 Å². The van der Waals surface area contributed by atoms with Crippen LogP contribution in [-0.4, -0.2) is 33.5 Å². The molecule has 0 aliphatic rings. The fourth-order valence-electron chi connectivity index (χ4n) is 1.66. The molecule has 3 unspecified atom stereocenters. The van der Waals surface area contributed by atoms with E-state index in [1.165, 1.54) is 0 Å². The molecule has 3 atom stereocenters. The predicted octanol–water partition coefficient (Wildman–Crippen LogP) is 0.243. The van der Waals surface area contributed by atoms with Gasteiger partial charge in [0.05, 0.1) is 12.3 Å². The summed E-state index contributed by atoms with van der Waals surface area (Å²) in [4.78, 5) is 21.4. The minimum Gasteiger partial charge on any atom is -0.481 e. The van der Waals surface area contributed by atoms with E-state index in [-0.39, 0.29) is 20.4 Å².